The Morgan fingerprint density at radius 2 is 1.42 bits per heavy atom. The zero-order valence-corrected chi connectivity index (χ0v) is 19.0. The maximum atomic E-state index is 13.1. The largest absolute Gasteiger partial charge is 0.333 e. The van der Waals surface area contributed by atoms with E-state index in [9.17, 15) is 9.59 Å². The minimum atomic E-state index is -0.333. The third-order valence-corrected chi connectivity index (χ3v) is 6.55. The van der Waals surface area contributed by atoms with Crippen LogP contribution in [0.5, 0.6) is 0 Å². The highest BCUT2D eigenvalue weighted by Gasteiger charge is 2.27. The van der Waals surface area contributed by atoms with Crippen molar-refractivity contribution < 1.29 is 0 Å². The van der Waals surface area contributed by atoms with Gasteiger partial charge in [0.1, 0.15) is 0 Å². The molecule has 0 unspecified atom stereocenters. The number of fused-ring (bicyclic) bond motifs is 1. The van der Waals surface area contributed by atoms with E-state index in [1.54, 1.807) is 25.0 Å². The maximum Gasteiger partial charge on any atom is 0.333 e. The first-order valence-electron chi connectivity index (χ1n) is 11.2. The summed E-state index contributed by atoms with van der Waals surface area (Å²) in [5.74, 6) is 0. The van der Waals surface area contributed by atoms with Gasteiger partial charge in [-0.15, -0.1) is 0 Å². The highest BCUT2D eigenvalue weighted by atomic mass is 16.2. The van der Waals surface area contributed by atoms with Gasteiger partial charge in [0.15, 0.2) is 11.2 Å². The SMILES string of the molecule is Cn1cnc2c1c(=O)n(CN1CCN(C(c3ccccc3)c3ccccc3)CC1)c(=O)n2C. The molecule has 0 radical (unpaired) electrons. The lowest BCUT2D eigenvalue weighted by atomic mass is 9.96. The van der Waals surface area contributed by atoms with Gasteiger partial charge in [0, 0.05) is 40.3 Å². The van der Waals surface area contributed by atoms with E-state index < -0.39 is 0 Å². The smallest absolute Gasteiger partial charge is 0.328 e. The van der Waals surface area contributed by atoms with Crippen LogP contribution in [0, 0.1) is 0 Å². The van der Waals surface area contributed by atoms with Crippen molar-refractivity contribution in [1.82, 2.24) is 28.5 Å². The van der Waals surface area contributed by atoms with Gasteiger partial charge in [-0.05, 0) is 11.1 Å². The zero-order chi connectivity index (χ0) is 22.9. The number of aromatic nitrogens is 4. The molecule has 8 heteroatoms. The number of hydrogen-bond acceptors (Lipinski definition) is 5. The van der Waals surface area contributed by atoms with E-state index >= 15 is 0 Å². The lowest BCUT2D eigenvalue weighted by Gasteiger charge is -2.39. The highest BCUT2D eigenvalue weighted by Crippen LogP contribution is 2.29. The van der Waals surface area contributed by atoms with E-state index in [0.717, 1.165) is 26.2 Å². The fraction of sp³-hybridized carbons (Fsp3) is 0.320. The van der Waals surface area contributed by atoms with Crippen LogP contribution in [0.3, 0.4) is 0 Å². The van der Waals surface area contributed by atoms with Crippen molar-refractivity contribution in [3.05, 3.63) is 99.0 Å². The molecule has 1 saturated heterocycles. The minimum absolute atomic E-state index is 0.177. The van der Waals surface area contributed by atoms with Gasteiger partial charge >= 0.3 is 5.69 Å². The molecule has 1 aliphatic heterocycles. The fourth-order valence-corrected chi connectivity index (χ4v) is 4.77. The Balaban J connectivity index is 1.38. The molecule has 0 amide bonds. The van der Waals surface area contributed by atoms with Crippen LogP contribution in [0.4, 0.5) is 0 Å². The van der Waals surface area contributed by atoms with Crippen molar-refractivity contribution in [1.29, 1.82) is 0 Å². The average molecular weight is 445 g/mol. The summed E-state index contributed by atoms with van der Waals surface area (Å²) >= 11 is 0. The van der Waals surface area contributed by atoms with E-state index in [0.29, 0.717) is 11.2 Å². The zero-order valence-electron chi connectivity index (χ0n) is 19.0. The first-order valence-corrected chi connectivity index (χ1v) is 11.2. The summed E-state index contributed by atoms with van der Waals surface area (Å²) < 4.78 is 4.45. The Hall–Kier alpha value is -3.49. The molecule has 2 aromatic heterocycles. The lowest BCUT2D eigenvalue weighted by Crippen LogP contribution is -2.51. The van der Waals surface area contributed by atoms with E-state index in [4.69, 9.17) is 0 Å². The summed E-state index contributed by atoms with van der Waals surface area (Å²) in [6, 6.07) is 21.3. The minimum Gasteiger partial charge on any atom is -0.328 e. The van der Waals surface area contributed by atoms with E-state index in [-0.39, 0.29) is 24.0 Å². The van der Waals surface area contributed by atoms with Crippen LogP contribution in [-0.2, 0) is 20.8 Å². The quantitative estimate of drug-likeness (QED) is 0.470. The first-order chi connectivity index (χ1) is 16.0. The van der Waals surface area contributed by atoms with Gasteiger partial charge in [0.05, 0.1) is 19.0 Å². The number of nitrogens with zero attached hydrogens (tertiary/aromatic N) is 6. The van der Waals surface area contributed by atoms with Crippen LogP contribution in [0.15, 0.2) is 76.6 Å². The van der Waals surface area contributed by atoms with Gasteiger partial charge < -0.3 is 4.57 Å². The Morgan fingerprint density at radius 1 is 0.848 bits per heavy atom. The molecular weight excluding hydrogens is 416 g/mol. The highest BCUT2D eigenvalue weighted by molar-refractivity contribution is 5.69. The van der Waals surface area contributed by atoms with Crippen LogP contribution in [-0.4, -0.2) is 54.7 Å². The molecule has 170 valence electrons. The van der Waals surface area contributed by atoms with Crippen LogP contribution < -0.4 is 11.2 Å². The molecule has 5 rings (SSSR count). The second-order valence-corrected chi connectivity index (χ2v) is 8.62. The van der Waals surface area contributed by atoms with Crippen molar-refractivity contribution in [2.75, 3.05) is 26.2 Å². The van der Waals surface area contributed by atoms with E-state index in [1.165, 1.54) is 20.3 Å². The van der Waals surface area contributed by atoms with Crippen molar-refractivity contribution in [2.24, 2.45) is 14.1 Å². The maximum absolute atomic E-state index is 13.1. The standard InChI is InChI=1S/C25H28N6O2/c1-27-17-26-23-22(27)24(32)31(25(33)28(23)2)18-29-13-15-30(16-14-29)21(19-9-5-3-6-10-19)20-11-7-4-8-12-20/h3-12,17,21H,13-16,18H2,1-2H3. The predicted molar refractivity (Wildman–Crippen MR) is 128 cm³/mol. The monoisotopic (exact) mass is 444 g/mol. The van der Waals surface area contributed by atoms with E-state index in [2.05, 4.69) is 63.3 Å². The second-order valence-electron chi connectivity index (χ2n) is 8.62. The Labute approximate surface area is 191 Å². The summed E-state index contributed by atoms with van der Waals surface area (Å²) in [6.07, 6.45) is 1.57. The number of benzene rings is 2. The molecule has 2 aromatic carbocycles. The number of rotatable bonds is 5. The number of piperazine rings is 1. The number of imidazole rings is 1. The van der Waals surface area contributed by atoms with Gasteiger partial charge in [0.2, 0.25) is 0 Å². The second kappa shape index (κ2) is 8.80. The van der Waals surface area contributed by atoms with Crippen molar-refractivity contribution in [2.45, 2.75) is 12.7 Å². The summed E-state index contributed by atoms with van der Waals surface area (Å²) in [7, 11) is 3.44. The molecule has 0 saturated carbocycles. The third kappa shape index (κ3) is 3.92. The Bertz CT molecular complexity index is 1330. The average Bonchev–Trinajstić information content (AvgIpc) is 3.24. The first kappa shape index (κ1) is 21.4. The molecule has 3 heterocycles. The molecular formula is C25H28N6O2. The Kier molecular flexibility index (Phi) is 5.70. The predicted octanol–water partition coefficient (Wildman–Crippen LogP) is 1.80. The molecule has 0 bridgehead atoms. The number of aryl methyl sites for hydroxylation is 2. The van der Waals surface area contributed by atoms with Gasteiger partial charge in [-0.1, -0.05) is 60.7 Å². The van der Waals surface area contributed by atoms with Crippen LogP contribution in [0.2, 0.25) is 0 Å². The molecule has 1 aliphatic rings. The van der Waals surface area contributed by atoms with Crippen LogP contribution in [0.1, 0.15) is 17.2 Å². The number of hydrogen-bond donors (Lipinski definition) is 0. The topological polar surface area (TPSA) is 68.3 Å². The molecule has 0 atom stereocenters. The molecule has 0 aliphatic carbocycles. The van der Waals surface area contributed by atoms with Gasteiger partial charge in [-0.3, -0.25) is 19.2 Å². The molecule has 8 nitrogen and oxygen atoms in total. The Morgan fingerprint density at radius 3 is 2.00 bits per heavy atom. The molecule has 33 heavy (non-hydrogen) atoms. The third-order valence-electron chi connectivity index (χ3n) is 6.55. The van der Waals surface area contributed by atoms with Gasteiger partial charge in [-0.2, -0.15) is 0 Å². The van der Waals surface area contributed by atoms with Crippen molar-refractivity contribution in [3.63, 3.8) is 0 Å². The van der Waals surface area contributed by atoms with Crippen LogP contribution >= 0.6 is 0 Å². The molecule has 4 aromatic rings. The summed E-state index contributed by atoms with van der Waals surface area (Å²) in [5.41, 5.74) is 2.78. The molecule has 0 N–H and O–H groups in total. The molecule has 1 fully saturated rings. The molecule has 0 spiro atoms. The summed E-state index contributed by atoms with van der Waals surface area (Å²) in [5, 5.41) is 0. The van der Waals surface area contributed by atoms with Crippen molar-refractivity contribution in [3.8, 4) is 0 Å². The van der Waals surface area contributed by atoms with E-state index in [1.807, 2.05) is 12.1 Å². The van der Waals surface area contributed by atoms with Crippen molar-refractivity contribution >= 4 is 11.2 Å². The van der Waals surface area contributed by atoms with Gasteiger partial charge in [-0.25, -0.2) is 14.3 Å². The lowest BCUT2D eigenvalue weighted by molar-refractivity contribution is 0.0860. The van der Waals surface area contributed by atoms with Crippen LogP contribution in [0.25, 0.3) is 11.2 Å². The fourth-order valence-electron chi connectivity index (χ4n) is 4.77. The summed E-state index contributed by atoms with van der Waals surface area (Å²) in [6.45, 7) is 3.52. The normalized spacial score (nSPS) is 15.5. The summed E-state index contributed by atoms with van der Waals surface area (Å²) in [4.78, 5) is 34.8. The van der Waals surface area contributed by atoms with Gasteiger partial charge in [0.25, 0.3) is 5.56 Å².